The molecule has 0 fully saturated rings. The summed E-state index contributed by atoms with van der Waals surface area (Å²) in [6.07, 6.45) is 3.26. The Morgan fingerprint density at radius 1 is 1.37 bits per heavy atom. The van der Waals surface area contributed by atoms with Gasteiger partial charge in [0.2, 0.25) is 0 Å². The van der Waals surface area contributed by atoms with Crippen LogP contribution in [-0.2, 0) is 0 Å². The third kappa shape index (κ3) is 5.19. The zero-order chi connectivity index (χ0) is 14.4. The van der Waals surface area contributed by atoms with E-state index >= 15 is 0 Å². The lowest BCUT2D eigenvalue weighted by atomic mass is 10.1. The van der Waals surface area contributed by atoms with E-state index in [2.05, 4.69) is 17.2 Å². The van der Waals surface area contributed by atoms with Crippen LogP contribution >= 0.6 is 11.6 Å². The molecule has 0 aliphatic heterocycles. The molecule has 1 unspecified atom stereocenters. The Kier molecular flexibility index (Phi) is 6.29. The fraction of sp³-hybridized carbons (Fsp3) is 0.600. The molecule has 0 saturated carbocycles. The molecule has 0 saturated heterocycles. The Labute approximate surface area is 120 Å². The lowest BCUT2D eigenvalue weighted by Gasteiger charge is -2.14. The molecule has 0 bridgehead atoms. The lowest BCUT2D eigenvalue weighted by Crippen LogP contribution is -2.32. The molecule has 4 heteroatoms. The molecule has 1 amide bonds. The lowest BCUT2D eigenvalue weighted by molar-refractivity contribution is 0.0937. The molecule has 1 atom stereocenters. The smallest absolute Gasteiger partial charge is 0.251 e. The third-order valence-electron chi connectivity index (χ3n) is 3.04. The standard InChI is InChI=1S/C15H23ClN2O/c1-5-6-7-11(4)17-15(19)12-8-13(10(2)3)18-14(16)9-12/h8-11H,5-7H2,1-4H3,(H,17,19). The highest BCUT2D eigenvalue weighted by Gasteiger charge is 2.13. The van der Waals surface area contributed by atoms with Gasteiger partial charge in [-0.3, -0.25) is 4.79 Å². The third-order valence-corrected chi connectivity index (χ3v) is 3.23. The van der Waals surface area contributed by atoms with Crippen LogP contribution in [0.25, 0.3) is 0 Å². The van der Waals surface area contributed by atoms with Crippen LogP contribution in [0.1, 0.15) is 68.9 Å². The molecule has 1 rings (SSSR count). The van der Waals surface area contributed by atoms with E-state index in [0.717, 1.165) is 25.0 Å². The predicted octanol–water partition coefficient (Wildman–Crippen LogP) is 4.17. The molecule has 0 radical (unpaired) electrons. The maximum absolute atomic E-state index is 12.1. The Bertz CT molecular complexity index is 432. The summed E-state index contributed by atoms with van der Waals surface area (Å²) in [5, 5.41) is 3.37. The topological polar surface area (TPSA) is 42.0 Å². The van der Waals surface area contributed by atoms with Gasteiger partial charge in [0, 0.05) is 17.3 Å². The molecule has 1 heterocycles. The van der Waals surface area contributed by atoms with Gasteiger partial charge >= 0.3 is 0 Å². The normalized spacial score (nSPS) is 12.5. The number of hydrogen-bond donors (Lipinski definition) is 1. The van der Waals surface area contributed by atoms with E-state index in [1.165, 1.54) is 0 Å². The summed E-state index contributed by atoms with van der Waals surface area (Å²) in [5.41, 5.74) is 1.44. The van der Waals surface area contributed by atoms with Crippen molar-refractivity contribution < 1.29 is 4.79 Å². The number of carbonyl (C=O) groups excluding carboxylic acids is 1. The van der Waals surface area contributed by atoms with Gasteiger partial charge in [0.15, 0.2) is 0 Å². The highest BCUT2D eigenvalue weighted by molar-refractivity contribution is 6.29. The van der Waals surface area contributed by atoms with E-state index in [9.17, 15) is 4.79 Å². The minimum atomic E-state index is -0.0743. The van der Waals surface area contributed by atoms with Crippen LogP contribution < -0.4 is 5.32 Å². The summed E-state index contributed by atoms with van der Waals surface area (Å²) in [5.74, 6) is 0.178. The number of halogens is 1. The first kappa shape index (κ1) is 16.0. The van der Waals surface area contributed by atoms with Crippen LogP contribution in [0.2, 0.25) is 5.15 Å². The largest absolute Gasteiger partial charge is 0.350 e. The number of aromatic nitrogens is 1. The van der Waals surface area contributed by atoms with Crippen molar-refractivity contribution in [3.8, 4) is 0 Å². The molecule has 1 N–H and O–H groups in total. The number of nitrogens with one attached hydrogen (secondary N) is 1. The number of pyridine rings is 1. The van der Waals surface area contributed by atoms with Crippen molar-refractivity contribution in [3.63, 3.8) is 0 Å². The maximum atomic E-state index is 12.1. The van der Waals surface area contributed by atoms with Gasteiger partial charge in [-0.25, -0.2) is 4.98 Å². The van der Waals surface area contributed by atoms with Gasteiger partial charge < -0.3 is 5.32 Å². The zero-order valence-electron chi connectivity index (χ0n) is 12.2. The Morgan fingerprint density at radius 2 is 2.05 bits per heavy atom. The van der Waals surface area contributed by atoms with Gasteiger partial charge in [-0.15, -0.1) is 0 Å². The van der Waals surface area contributed by atoms with Crippen molar-refractivity contribution in [2.45, 2.75) is 58.9 Å². The van der Waals surface area contributed by atoms with Gasteiger partial charge in [0.1, 0.15) is 5.15 Å². The van der Waals surface area contributed by atoms with E-state index in [4.69, 9.17) is 11.6 Å². The van der Waals surface area contributed by atoms with E-state index < -0.39 is 0 Å². The Morgan fingerprint density at radius 3 is 2.63 bits per heavy atom. The molecule has 3 nitrogen and oxygen atoms in total. The minimum absolute atomic E-state index is 0.0743. The van der Waals surface area contributed by atoms with Crippen molar-refractivity contribution >= 4 is 17.5 Å². The molecular formula is C15H23ClN2O. The number of carbonyl (C=O) groups is 1. The van der Waals surface area contributed by atoms with E-state index in [0.29, 0.717) is 10.7 Å². The maximum Gasteiger partial charge on any atom is 0.251 e. The van der Waals surface area contributed by atoms with Gasteiger partial charge in [-0.1, -0.05) is 45.2 Å². The van der Waals surface area contributed by atoms with Crippen LogP contribution in [0.5, 0.6) is 0 Å². The summed E-state index contributed by atoms with van der Waals surface area (Å²) in [6.45, 7) is 8.24. The zero-order valence-corrected chi connectivity index (χ0v) is 12.9. The first-order valence-corrected chi connectivity index (χ1v) is 7.30. The van der Waals surface area contributed by atoms with Crippen molar-refractivity contribution in [2.75, 3.05) is 0 Å². The second-order valence-corrected chi connectivity index (χ2v) is 5.66. The Hall–Kier alpha value is -1.09. The van der Waals surface area contributed by atoms with Crippen molar-refractivity contribution in [3.05, 3.63) is 28.5 Å². The summed E-state index contributed by atoms with van der Waals surface area (Å²) >= 11 is 5.97. The van der Waals surface area contributed by atoms with Gasteiger partial charge in [-0.05, 0) is 31.4 Å². The van der Waals surface area contributed by atoms with Gasteiger partial charge in [0.05, 0.1) is 0 Å². The number of unbranched alkanes of at least 4 members (excludes halogenated alkanes) is 1. The van der Waals surface area contributed by atoms with E-state index in [1.54, 1.807) is 6.07 Å². The first-order chi connectivity index (χ1) is 8.93. The highest BCUT2D eigenvalue weighted by Crippen LogP contribution is 2.17. The predicted molar refractivity (Wildman–Crippen MR) is 79.8 cm³/mol. The Balaban J connectivity index is 2.76. The monoisotopic (exact) mass is 282 g/mol. The van der Waals surface area contributed by atoms with Crippen molar-refractivity contribution in [1.29, 1.82) is 0 Å². The minimum Gasteiger partial charge on any atom is -0.350 e. The molecule has 1 aromatic heterocycles. The molecule has 106 valence electrons. The number of nitrogens with zero attached hydrogens (tertiary/aromatic N) is 1. The summed E-state index contributed by atoms with van der Waals surface area (Å²) in [7, 11) is 0. The summed E-state index contributed by atoms with van der Waals surface area (Å²) in [4.78, 5) is 16.4. The quantitative estimate of drug-likeness (QED) is 0.796. The van der Waals surface area contributed by atoms with Gasteiger partial charge in [0.25, 0.3) is 5.91 Å². The van der Waals surface area contributed by atoms with Crippen LogP contribution in [0.15, 0.2) is 12.1 Å². The molecule has 0 aliphatic carbocycles. The molecule has 0 spiro atoms. The van der Waals surface area contributed by atoms with Crippen LogP contribution in [0.4, 0.5) is 0 Å². The average molecular weight is 283 g/mol. The van der Waals surface area contributed by atoms with E-state index in [-0.39, 0.29) is 17.9 Å². The number of amides is 1. The van der Waals surface area contributed by atoms with Gasteiger partial charge in [-0.2, -0.15) is 0 Å². The fourth-order valence-corrected chi connectivity index (χ4v) is 2.05. The fourth-order valence-electron chi connectivity index (χ4n) is 1.83. The van der Waals surface area contributed by atoms with E-state index in [1.807, 2.05) is 26.8 Å². The summed E-state index contributed by atoms with van der Waals surface area (Å²) in [6, 6.07) is 3.62. The van der Waals surface area contributed by atoms with Crippen molar-refractivity contribution in [1.82, 2.24) is 10.3 Å². The first-order valence-electron chi connectivity index (χ1n) is 6.92. The molecule has 1 aromatic rings. The second-order valence-electron chi connectivity index (χ2n) is 5.27. The number of rotatable bonds is 6. The highest BCUT2D eigenvalue weighted by atomic mass is 35.5. The summed E-state index contributed by atoms with van der Waals surface area (Å²) < 4.78 is 0. The number of hydrogen-bond acceptors (Lipinski definition) is 2. The second kappa shape index (κ2) is 7.49. The average Bonchev–Trinajstić information content (AvgIpc) is 2.35. The van der Waals surface area contributed by atoms with Crippen LogP contribution in [0, 0.1) is 0 Å². The molecule has 0 aliphatic rings. The van der Waals surface area contributed by atoms with Crippen LogP contribution in [0.3, 0.4) is 0 Å². The molecule has 0 aromatic carbocycles. The van der Waals surface area contributed by atoms with Crippen molar-refractivity contribution in [2.24, 2.45) is 0 Å². The van der Waals surface area contributed by atoms with Crippen LogP contribution in [-0.4, -0.2) is 16.9 Å². The molecular weight excluding hydrogens is 260 g/mol. The molecule has 19 heavy (non-hydrogen) atoms. The SMILES string of the molecule is CCCCC(C)NC(=O)c1cc(Cl)nc(C(C)C)c1.